The number of aromatic nitrogens is 2. The average Bonchev–Trinajstić information content (AvgIpc) is 3.47. The van der Waals surface area contributed by atoms with Gasteiger partial charge < -0.3 is 20.9 Å². The van der Waals surface area contributed by atoms with Crippen LogP contribution >= 0.6 is 99.9 Å². The van der Waals surface area contributed by atoms with E-state index < -0.39 is 0 Å². The zero-order valence-corrected chi connectivity index (χ0v) is 30.6. The van der Waals surface area contributed by atoms with Crippen molar-refractivity contribution in [3.05, 3.63) is 33.5 Å². The summed E-state index contributed by atoms with van der Waals surface area (Å²) in [5.74, 6) is 0. The van der Waals surface area contributed by atoms with Crippen molar-refractivity contribution in [2.45, 2.75) is 6.92 Å². The Morgan fingerprint density at radius 3 is 1.79 bits per heavy atom. The Morgan fingerprint density at radius 1 is 0.966 bits per heavy atom. The number of rotatable bonds is 1. The van der Waals surface area contributed by atoms with Gasteiger partial charge in [-0.3, -0.25) is 4.98 Å². The fraction of sp³-hybridized carbons (Fsp3) is 0.600. The first-order valence-corrected chi connectivity index (χ1v) is 25.5. The van der Waals surface area contributed by atoms with Gasteiger partial charge in [-0.2, -0.15) is 0 Å². The summed E-state index contributed by atoms with van der Waals surface area (Å²) in [6.45, 7) is 10.5. The van der Waals surface area contributed by atoms with Crippen LogP contribution in [0.15, 0.2) is 23.2 Å². The van der Waals surface area contributed by atoms with Crippen LogP contribution in [-0.4, -0.2) is 62.3 Å². The molecule has 2 N–H and O–H groups in total. The van der Waals surface area contributed by atoms with Gasteiger partial charge in [0.25, 0.3) is 0 Å². The smallest absolute Gasteiger partial charge is 0.185 e. The molecule has 29 heavy (non-hydrogen) atoms. The van der Waals surface area contributed by atoms with Crippen LogP contribution in [0, 0.1) is 6.92 Å². The van der Waals surface area contributed by atoms with Gasteiger partial charge in [0.15, 0.2) is 5.13 Å². The minimum absolute atomic E-state index is 0. The van der Waals surface area contributed by atoms with E-state index in [9.17, 15) is 0 Å². The number of halogens is 4. The molecule has 14 heteroatoms. The molecule has 2 aromatic heterocycles. The van der Waals surface area contributed by atoms with Crippen molar-refractivity contribution in [3.63, 3.8) is 0 Å². The average molecular weight is 1000 g/mol. The molecule has 2 aliphatic heterocycles. The third-order valence-electron chi connectivity index (χ3n) is 3.26. The molecule has 0 saturated carbocycles. The molecule has 2 fully saturated rings. The summed E-state index contributed by atoms with van der Waals surface area (Å²) < 4.78 is 0. The van der Waals surface area contributed by atoms with Crippen LogP contribution in [0.1, 0.15) is 5.01 Å². The Hall–Kier alpha value is 3.55. The van der Waals surface area contributed by atoms with E-state index in [2.05, 4.69) is 108 Å². The molecule has 164 valence electrons. The quantitative estimate of drug-likeness (QED) is 0.370. The van der Waals surface area contributed by atoms with Gasteiger partial charge in [0.1, 0.15) is 0 Å². The minimum Gasteiger partial charge on any atom is -0.346 e. The molecule has 0 amide bonds. The Labute approximate surface area is 260 Å². The number of thiazole rings is 2. The Morgan fingerprint density at radius 2 is 1.48 bits per heavy atom. The molecule has 2 aliphatic rings. The van der Waals surface area contributed by atoms with E-state index in [1.165, 1.54) is 0 Å². The van der Waals surface area contributed by atoms with Gasteiger partial charge >= 0.3 is 49.4 Å². The maximum atomic E-state index is 4.26. The van der Waals surface area contributed by atoms with E-state index in [1.54, 1.807) is 28.9 Å². The van der Waals surface area contributed by atoms with E-state index in [4.69, 9.17) is 0 Å². The molecule has 0 unspecified atom stereocenters. The topological polar surface area (TPSA) is 67.2 Å². The molecule has 4 heterocycles. The summed E-state index contributed by atoms with van der Waals surface area (Å²) in [6.07, 6.45) is 3.67. The number of hydrogen-bond donors (Lipinski definition) is 2. The Bertz CT molecular complexity index is 509. The maximum absolute atomic E-state index is 4.26. The van der Waals surface area contributed by atoms with Gasteiger partial charge in [0, 0.05) is 119 Å². The number of anilines is 1. The molecule has 2 aromatic rings. The van der Waals surface area contributed by atoms with Crippen LogP contribution in [-0.2, 0) is 42.2 Å². The van der Waals surface area contributed by atoms with Gasteiger partial charge in [-0.25, -0.2) is 4.98 Å². The third-order valence-corrected chi connectivity index (χ3v) is 4.79. The predicted octanol–water partition coefficient (Wildman–Crippen LogP) is 5.51. The molecular formula is C15H25I4N6S2VY-. The summed E-state index contributed by atoms with van der Waals surface area (Å²) >= 11 is 12.4. The fourth-order valence-electron chi connectivity index (χ4n) is 2.08. The second-order valence-corrected chi connectivity index (χ2v) is 18.8. The summed E-state index contributed by atoms with van der Waals surface area (Å²) in [5, 5.41) is 16.9. The standard InChI is InChI=1S/C7H11N3S.C4H9N2.C4H5NS.I2.2HI.V.Y/c1-4-10(5-2-8-1)7-9-3-6-11-7;1-2-6-4-3-5-1;1-4-5-2-3-6-4;1-2;;;;/h3,6,8H,1-2,4-5H2;5H,1-4H2;2-3H,1H3;;2*1H;;/q;-1;;;;;+2;/p-2. The Balaban J connectivity index is 0. The van der Waals surface area contributed by atoms with E-state index in [-0.39, 0.29) is 32.7 Å². The SMILES string of the molecule is C1CNCC[N-]1.Cc1nccs1.II.[I][V][I].[Y].c1csc(N2CCNCC2)n1. The summed E-state index contributed by atoms with van der Waals surface area (Å²) in [4.78, 5) is 10.5. The Kier molecular flexibility index (Phi) is 33.3. The zero-order valence-electron chi connectivity index (χ0n) is 16.1. The van der Waals surface area contributed by atoms with Crippen molar-refractivity contribution in [1.82, 2.24) is 20.6 Å². The first-order valence-electron chi connectivity index (χ1n) is 8.39. The zero-order chi connectivity index (χ0) is 20.9. The van der Waals surface area contributed by atoms with Gasteiger partial charge in [-0.15, -0.1) is 35.8 Å². The van der Waals surface area contributed by atoms with Crippen LogP contribution in [0.5, 0.6) is 0 Å². The number of hydrogen-bond acceptors (Lipinski definition) is 7. The van der Waals surface area contributed by atoms with Crippen molar-refractivity contribution < 1.29 is 42.2 Å². The van der Waals surface area contributed by atoms with Crippen molar-refractivity contribution in [2.75, 3.05) is 57.3 Å². The number of piperazine rings is 2. The number of nitrogens with one attached hydrogen (secondary N) is 2. The summed E-state index contributed by atoms with van der Waals surface area (Å²) in [5.41, 5.74) is 0. The largest absolute Gasteiger partial charge is 0.346 e. The van der Waals surface area contributed by atoms with Crippen molar-refractivity contribution >= 4 is 105 Å². The molecule has 1 radical (unpaired) electrons. The minimum atomic E-state index is 0. The second kappa shape index (κ2) is 27.8. The predicted molar refractivity (Wildman–Crippen MR) is 156 cm³/mol. The molecule has 4 rings (SSSR count). The van der Waals surface area contributed by atoms with E-state index in [0.717, 1.165) is 62.5 Å². The summed E-state index contributed by atoms with van der Waals surface area (Å²) in [7, 11) is 0.628. The van der Waals surface area contributed by atoms with Gasteiger partial charge in [0.05, 0.1) is 5.01 Å². The van der Waals surface area contributed by atoms with Gasteiger partial charge in [-0.05, 0) is 20.0 Å². The van der Waals surface area contributed by atoms with Crippen LogP contribution < -0.4 is 15.5 Å². The van der Waals surface area contributed by atoms with Crippen molar-refractivity contribution in [1.29, 1.82) is 0 Å². The van der Waals surface area contributed by atoms with Gasteiger partial charge in [0.2, 0.25) is 0 Å². The first kappa shape index (κ1) is 34.7. The number of nitrogens with zero attached hydrogens (tertiary/aromatic N) is 4. The van der Waals surface area contributed by atoms with Crippen molar-refractivity contribution in [3.8, 4) is 0 Å². The molecule has 6 nitrogen and oxygen atoms in total. The van der Waals surface area contributed by atoms with Crippen LogP contribution in [0.4, 0.5) is 5.13 Å². The number of aryl methyl sites for hydroxylation is 1. The molecule has 0 aliphatic carbocycles. The van der Waals surface area contributed by atoms with Crippen LogP contribution in [0.25, 0.3) is 5.32 Å². The monoisotopic (exact) mass is 1000 g/mol. The molecule has 0 bridgehead atoms. The normalized spacial score (nSPS) is 14.6. The third kappa shape index (κ3) is 21.8. The van der Waals surface area contributed by atoms with E-state index in [0.29, 0.717) is 9.47 Å². The molecule has 2 saturated heterocycles. The molecule has 0 spiro atoms. The fourth-order valence-corrected chi connectivity index (χ4v) is 3.21. The van der Waals surface area contributed by atoms with Crippen LogP contribution in [0.3, 0.4) is 0 Å². The second-order valence-electron chi connectivity index (χ2n) is 5.09. The molecule has 0 atom stereocenters. The first-order chi connectivity index (χ1) is 13.8. The summed E-state index contributed by atoms with van der Waals surface area (Å²) in [6, 6.07) is 0. The molecular weight excluding hydrogens is 976 g/mol. The maximum Gasteiger partial charge on any atom is 0.185 e. The molecule has 0 aromatic carbocycles. The van der Waals surface area contributed by atoms with Gasteiger partial charge in [-0.1, -0.05) is 0 Å². The van der Waals surface area contributed by atoms with E-state index >= 15 is 0 Å². The van der Waals surface area contributed by atoms with E-state index in [1.807, 2.05) is 23.9 Å². The van der Waals surface area contributed by atoms with Crippen molar-refractivity contribution in [2.24, 2.45) is 0 Å². The van der Waals surface area contributed by atoms with Crippen LogP contribution in [0.2, 0.25) is 0 Å².